The molecular weight excluding hydrogens is 273 g/mol. The largest absolute Gasteiger partial charge is 0.465 e. The summed E-state index contributed by atoms with van der Waals surface area (Å²) in [7, 11) is 1.36. The number of nitrogens with zero attached hydrogens (tertiary/aromatic N) is 1. The molecule has 1 aromatic carbocycles. The molecule has 0 spiro atoms. The number of hydrogen-bond donors (Lipinski definition) is 0. The first-order valence-corrected chi connectivity index (χ1v) is 5.75. The van der Waals surface area contributed by atoms with Gasteiger partial charge in [-0.1, -0.05) is 18.2 Å². The van der Waals surface area contributed by atoms with Gasteiger partial charge in [0.05, 0.1) is 29.8 Å². The highest BCUT2D eigenvalue weighted by Gasteiger charge is 2.18. The Balaban J connectivity index is 0.00000162. The SMILES string of the molecule is COC(=O)c1c(CCl)nc2ccccc2c1C.Cl. The van der Waals surface area contributed by atoms with E-state index in [1.807, 2.05) is 31.2 Å². The zero-order valence-electron chi connectivity index (χ0n) is 10.1. The number of alkyl halides is 1. The van der Waals surface area contributed by atoms with E-state index in [9.17, 15) is 4.79 Å². The molecule has 0 unspecified atom stereocenters. The van der Waals surface area contributed by atoms with Gasteiger partial charge in [-0.15, -0.1) is 24.0 Å². The molecule has 0 aliphatic heterocycles. The number of fused-ring (bicyclic) bond motifs is 1. The van der Waals surface area contributed by atoms with Gasteiger partial charge in [-0.3, -0.25) is 4.98 Å². The molecule has 0 radical (unpaired) electrons. The van der Waals surface area contributed by atoms with Crippen LogP contribution in [-0.2, 0) is 10.6 Å². The van der Waals surface area contributed by atoms with Gasteiger partial charge in [0, 0.05) is 5.39 Å². The van der Waals surface area contributed by atoms with Crippen LogP contribution >= 0.6 is 24.0 Å². The first kappa shape index (κ1) is 14.7. The highest BCUT2D eigenvalue weighted by Crippen LogP contribution is 2.24. The molecular formula is C13H13Cl2NO2. The van der Waals surface area contributed by atoms with Crippen LogP contribution in [0.4, 0.5) is 0 Å². The Kier molecular flexibility index (Phi) is 4.93. The fourth-order valence-electron chi connectivity index (χ4n) is 1.91. The molecule has 2 aromatic rings. The number of pyridine rings is 1. The molecule has 18 heavy (non-hydrogen) atoms. The maximum atomic E-state index is 11.7. The van der Waals surface area contributed by atoms with E-state index in [4.69, 9.17) is 16.3 Å². The average Bonchev–Trinajstić information content (AvgIpc) is 2.37. The van der Waals surface area contributed by atoms with Crippen LogP contribution in [0.3, 0.4) is 0 Å². The number of halogens is 2. The lowest BCUT2D eigenvalue weighted by Gasteiger charge is -2.11. The number of para-hydroxylation sites is 1. The van der Waals surface area contributed by atoms with E-state index in [-0.39, 0.29) is 18.3 Å². The van der Waals surface area contributed by atoms with Crippen LogP contribution in [0.2, 0.25) is 0 Å². The summed E-state index contributed by atoms with van der Waals surface area (Å²) in [6.45, 7) is 1.88. The number of carbonyl (C=O) groups is 1. The number of carbonyl (C=O) groups excluding carboxylic acids is 1. The van der Waals surface area contributed by atoms with Gasteiger partial charge in [0.2, 0.25) is 0 Å². The molecule has 0 N–H and O–H groups in total. The summed E-state index contributed by atoms with van der Waals surface area (Å²) in [5, 5.41) is 0.946. The Labute approximate surface area is 117 Å². The molecule has 5 heteroatoms. The molecule has 0 amide bonds. The third kappa shape index (κ3) is 2.42. The van der Waals surface area contributed by atoms with Crippen molar-refractivity contribution in [1.82, 2.24) is 4.98 Å². The second-order valence-corrected chi connectivity index (χ2v) is 3.97. The maximum Gasteiger partial charge on any atom is 0.340 e. The fraction of sp³-hybridized carbons (Fsp3) is 0.231. The first-order chi connectivity index (χ1) is 8.19. The Hall–Kier alpha value is -1.32. The Morgan fingerprint density at radius 1 is 1.39 bits per heavy atom. The number of hydrogen-bond acceptors (Lipinski definition) is 3. The Morgan fingerprint density at radius 3 is 2.67 bits per heavy atom. The summed E-state index contributed by atoms with van der Waals surface area (Å²) >= 11 is 5.84. The van der Waals surface area contributed by atoms with E-state index in [1.54, 1.807) is 0 Å². The molecule has 0 fully saturated rings. The number of rotatable bonds is 2. The van der Waals surface area contributed by atoms with Gasteiger partial charge in [0.1, 0.15) is 0 Å². The lowest BCUT2D eigenvalue weighted by molar-refractivity contribution is 0.0598. The quantitative estimate of drug-likeness (QED) is 0.626. The zero-order chi connectivity index (χ0) is 12.4. The van der Waals surface area contributed by atoms with Crippen LogP contribution < -0.4 is 0 Å². The van der Waals surface area contributed by atoms with Crippen molar-refractivity contribution in [3.63, 3.8) is 0 Å². The van der Waals surface area contributed by atoms with Crippen molar-refractivity contribution >= 4 is 40.9 Å². The number of esters is 1. The number of aryl methyl sites for hydroxylation is 1. The summed E-state index contributed by atoms with van der Waals surface area (Å²) in [6.07, 6.45) is 0. The van der Waals surface area contributed by atoms with E-state index in [0.29, 0.717) is 11.3 Å². The molecule has 0 saturated heterocycles. The summed E-state index contributed by atoms with van der Waals surface area (Å²) in [4.78, 5) is 16.1. The predicted octanol–water partition coefficient (Wildman–Crippen LogP) is 3.49. The van der Waals surface area contributed by atoms with Crippen LogP contribution in [0.1, 0.15) is 21.6 Å². The Morgan fingerprint density at radius 2 is 2.06 bits per heavy atom. The van der Waals surface area contributed by atoms with Crippen molar-refractivity contribution in [3.05, 3.63) is 41.1 Å². The number of ether oxygens (including phenoxy) is 1. The molecule has 0 bridgehead atoms. The molecule has 3 nitrogen and oxygen atoms in total. The summed E-state index contributed by atoms with van der Waals surface area (Å²) in [6, 6.07) is 7.66. The van der Waals surface area contributed by atoms with E-state index in [2.05, 4.69) is 4.98 Å². The molecule has 2 rings (SSSR count). The third-order valence-electron chi connectivity index (χ3n) is 2.74. The van der Waals surface area contributed by atoms with E-state index in [1.165, 1.54) is 7.11 Å². The van der Waals surface area contributed by atoms with Crippen LogP contribution in [0.25, 0.3) is 10.9 Å². The highest BCUT2D eigenvalue weighted by molar-refractivity contribution is 6.17. The van der Waals surface area contributed by atoms with Gasteiger partial charge in [-0.2, -0.15) is 0 Å². The molecule has 0 atom stereocenters. The summed E-state index contributed by atoms with van der Waals surface area (Å²) in [5.74, 6) is -0.202. The molecule has 0 aliphatic rings. The van der Waals surface area contributed by atoms with Gasteiger partial charge < -0.3 is 4.74 Å². The summed E-state index contributed by atoms with van der Waals surface area (Å²) < 4.78 is 4.77. The minimum Gasteiger partial charge on any atom is -0.465 e. The van der Waals surface area contributed by atoms with Crippen molar-refractivity contribution in [2.75, 3.05) is 7.11 Å². The maximum absolute atomic E-state index is 11.7. The summed E-state index contributed by atoms with van der Waals surface area (Å²) in [5.41, 5.74) is 2.74. The van der Waals surface area contributed by atoms with Crippen LogP contribution in [0.5, 0.6) is 0 Å². The third-order valence-corrected chi connectivity index (χ3v) is 3.00. The van der Waals surface area contributed by atoms with E-state index < -0.39 is 5.97 Å². The normalized spacial score (nSPS) is 9.94. The highest BCUT2D eigenvalue weighted by atomic mass is 35.5. The van der Waals surface area contributed by atoms with Gasteiger partial charge in [0.15, 0.2) is 0 Å². The topological polar surface area (TPSA) is 39.2 Å². The van der Waals surface area contributed by atoms with Gasteiger partial charge in [0.25, 0.3) is 0 Å². The molecule has 1 aromatic heterocycles. The van der Waals surface area contributed by atoms with Crippen molar-refractivity contribution in [3.8, 4) is 0 Å². The second-order valence-electron chi connectivity index (χ2n) is 3.70. The lowest BCUT2D eigenvalue weighted by Crippen LogP contribution is -2.10. The lowest BCUT2D eigenvalue weighted by atomic mass is 10.0. The smallest absolute Gasteiger partial charge is 0.340 e. The van der Waals surface area contributed by atoms with Crippen molar-refractivity contribution in [2.24, 2.45) is 0 Å². The monoisotopic (exact) mass is 285 g/mol. The van der Waals surface area contributed by atoms with Crippen molar-refractivity contribution < 1.29 is 9.53 Å². The van der Waals surface area contributed by atoms with Crippen LogP contribution in [0, 0.1) is 6.92 Å². The molecule has 0 aliphatic carbocycles. The zero-order valence-corrected chi connectivity index (χ0v) is 11.6. The van der Waals surface area contributed by atoms with Gasteiger partial charge >= 0.3 is 5.97 Å². The predicted molar refractivity (Wildman–Crippen MR) is 74.6 cm³/mol. The van der Waals surface area contributed by atoms with Crippen molar-refractivity contribution in [2.45, 2.75) is 12.8 Å². The van der Waals surface area contributed by atoms with Crippen LogP contribution in [0.15, 0.2) is 24.3 Å². The molecule has 0 saturated carbocycles. The molecule has 96 valence electrons. The minimum atomic E-state index is -0.392. The Bertz CT molecular complexity index is 584. The van der Waals surface area contributed by atoms with Crippen LogP contribution in [-0.4, -0.2) is 18.1 Å². The van der Waals surface area contributed by atoms with E-state index >= 15 is 0 Å². The number of aromatic nitrogens is 1. The van der Waals surface area contributed by atoms with Crippen molar-refractivity contribution in [1.29, 1.82) is 0 Å². The van der Waals surface area contributed by atoms with Gasteiger partial charge in [-0.25, -0.2) is 4.79 Å². The minimum absolute atomic E-state index is 0. The number of methoxy groups -OCH3 is 1. The first-order valence-electron chi connectivity index (χ1n) is 5.21. The average molecular weight is 286 g/mol. The van der Waals surface area contributed by atoms with E-state index in [0.717, 1.165) is 16.5 Å². The standard InChI is InChI=1S/C13H12ClNO2.ClH/c1-8-9-5-3-4-6-10(9)15-11(7-14)12(8)13(16)17-2;/h3-6H,7H2,1-2H3;1H. The number of benzene rings is 1. The second kappa shape index (κ2) is 6.03. The fourth-order valence-corrected chi connectivity index (χ4v) is 2.10. The van der Waals surface area contributed by atoms with Gasteiger partial charge in [-0.05, 0) is 18.6 Å². The molecule has 1 heterocycles.